The molecule has 6 heteroatoms. The maximum absolute atomic E-state index is 13.4. The first kappa shape index (κ1) is 17.0. The number of hydrogen-bond acceptors (Lipinski definition) is 5. The number of hydrogen-bond donors (Lipinski definition) is 2. The molecule has 0 bridgehead atoms. The first-order chi connectivity index (χ1) is 13.0. The molecule has 27 heavy (non-hydrogen) atoms. The summed E-state index contributed by atoms with van der Waals surface area (Å²) in [6, 6.07) is 13.2. The van der Waals surface area contributed by atoms with Crippen molar-refractivity contribution in [3.63, 3.8) is 0 Å². The zero-order valence-corrected chi connectivity index (χ0v) is 14.8. The van der Waals surface area contributed by atoms with Crippen molar-refractivity contribution < 1.29 is 4.79 Å². The summed E-state index contributed by atoms with van der Waals surface area (Å²) in [5.41, 5.74) is -1.99. The average Bonchev–Trinajstić information content (AvgIpc) is 2.97. The van der Waals surface area contributed by atoms with Gasteiger partial charge in [-0.3, -0.25) is 4.79 Å². The van der Waals surface area contributed by atoms with Crippen LogP contribution in [-0.2, 0) is 10.2 Å². The lowest BCUT2D eigenvalue weighted by Gasteiger charge is -2.52. The van der Waals surface area contributed by atoms with E-state index in [0.717, 1.165) is 6.42 Å². The van der Waals surface area contributed by atoms with Crippen LogP contribution in [0.1, 0.15) is 25.3 Å². The van der Waals surface area contributed by atoms with E-state index >= 15 is 0 Å². The lowest BCUT2D eigenvalue weighted by atomic mass is 9.44. The molecule has 1 amide bonds. The number of nitriles is 3. The number of fused-ring (bicyclic) bond motifs is 4. The van der Waals surface area contributed by atoms with Crippen molar-refractivity contribution >= 4 is 17.3 Å². The Morgan fingerprint density at radius 2 is 1.93 bits per heavy atom. The largest absolute Gasteiger partial charge is 0.325 e. The van der Waals surface area contributed by atoms with E-state index < -0.39 is 28.6 Å². The van der Waals surface area contributed by atoms with Crippen LogP contribution in [0.4, 0.5) is 5.69 Å². The molecule has 4 rings (SSSR count). The number of para-hydroxylation sites is 1. The van der Waals surface area contributed by atoms with Crippen molar-refractivity contribution in [1.82, 2.24) is 0 Å². The van der Waals surface area contributed by atoms with E-state index in [2.05, 4.69) is 18.3 Å². The van der Waals surface area contributed by atoms with Crippen molar-refractivity contribution in [2.45, 2.75) is 25.2 Å². The molecule has 4 atom stereocenters. The summed E-state index contributed by atoms with van der Waals surface area (Å²) in [6.07, 6.45) is 3.28. The predicted molar refractivity (Wildman–Crippen MR) is 97.2 cm³/mol. The van der Waals surface area contributed by atoms with E-state index in [-0.39, 0.29) is 11.6 Å². The van der Waals surface area contributed by atoms with Crippen LogP contribution in [-0.4, -0.2) is 11.6 Å². The van der Waals surface area contributed by atoms with Gasteiger partial charge in [0.2, 0.25) is 11.3 Å². The van der Waals surface area contributed by atoms with Crippen LogP contribution in [0.15, 0.2) is 35.9 Å². The molecule has 1 aliphatic heterocycles. The molecule has 0 radical (unpaired) electrons. The molecule has 1 heterocycles. The van der Waals surface area contributed by atoms with Crippen LogP contribution in [0.5, 0.6) is 0 Å². The van der Waals surface area contributed by atoms with Crippen molar-refractivity contribution in [2.24, 2.45) is 23.2 Å². The normalized spacial score (nSPS) is 33.0. The minimum atomic E-state index is -2.02. The highest BCUT2D eigenvalue weighted by Crippen LogP contribution is 2.63. The third-order valence-corrected chi connectivity index (χ3v) is 6.36. The number of anilines is 1. The van der Waals surface area contributed by atoms with Gasteiger partial charge in [0.05, 0.1) is 23.9 Å². The van der Waals surface area contributed by atoms with Crippen molar-refractivity contribution in [3.8, 4) is 18.2 Å². The molecule has 6 nitrogen and oxygen atoms in total. The van der Waals surface area contributed by atoms with Gasteiger partial charge in [0, 0.05) is 11.6 Å². The lowest BCUT2D eigenvalue weighted by molar-refractivity contribution is -0.124. The Hall–Kier alpha value is -3.43. The predicted octanol–water partition coefficient (Wildman–Crippen LogP) is 3.06. The van der Waals surface area contributed by atoms with E-state index in [9.17, 15) is 20.6 Å². The molecule has 1 fully saturated rings. The van der Waals surface area contributed by atoms with Crippen molar-refractivity contribution in [1.29, 1.82) is 21.2 Å². The highest BCUT2D eigenvalue weighted by Gasteiger charge is 2.72. The van der Waals surface area contributed by atoms with Gasteiger partial charge in [0.15, 0.2) is 0 Å². The molecule has 1 aromatic rings. The van der Waals surface area contributed by atoms with Crippen LogP contribution in [0.25, 0.3) is 0 Å². The molecular weight excluding hydrogens is 338 g/mol. The van der Waals surface area contributed by atoms with Gasteiger partial charge < -0.3 is 10.7 Å². The molecule has 2 aliphatic carbocycles. The number of benzene rings is 1. The smallest absolute Gasteiger partial charge is 0.238 e. The van der Waals surface area contributed by atoms with Gasteiger partial charge in [0.25, 0.3) is 0 Å². The zero-order valence-electron chi connectivity index (χ0n) is 14.8. The fourth-order valence-electron chi connectivity index (χ4n) is 5.18. The summed E-state index contributed by atoms with van der Waals surface area (Å²) in [6.45, 7) is 2.06. The van der Waals surface area contributed by atoms with E-state index in [4.69, 9.17) is 5.41 Å². The molecule has 2 N–H and O–H groups in total. The average molecular weight is 355 g/mol. The first-order valence-corrected chi connectivity index (χ1v) is 8.89. The number of carbonyl (C=O) groups is 1. The summed E-state index contributed by atoms with van der Waals surface area (Å²) < 4.78 is 0. The Kier molecular flexibility index (Phi) is 3.48. The Balaban J connectivity index is 2.14. The maximum atomic E-state index is 13.4. The minimum Gasteiger partial charge on any atom is -0.325 e. The molecule has 0 aromatic heterocycles. The number of rotatable bonds is 0. The molecule has 3 aliphatic rings. The van der Waals surface area contributed by atoms with E-state index in [1.807, 2.05) is 18.2 Å². The zero-order chi connectivity index (χ0) is 19.4. The van der Waals surface area contributed by atoms with Gasteiger partial charge in [-0.2, -0.15) is 15.8 Å². The summed E-state index contributed by atoms with van der Waals surface area (Å²) in [4.78, 5) is 13.4. The standard InChI is InChI=1S/C21H17N5O/c1-12-6-7-13-14(9-22)18(25)20(10-23,11-24)21(16(13)8-12)15-4-2-3-5-17(15)26-19(21)27/h2-5,7,12,14,16,25H,6,8H2,1H3,(H,26,27)/t12-,14?,16+,21-/m1/s1. The van der Waals surface area contributed by atoms with Crippen molar-refractivity contribution in [2.75, 3.05) is 5.32 Å². The molecular formula is C21H17N5O. The van der Waals surface area contributed by atoms with Gasteiger partial charge in [-0.1, -0.05) is 31.2 Å². The second-order valence-corrected chi connectivity index (χ2v) is 7.59. The number of nitrogens with zero attached hydrogens (tertiary/aromatic N) is 3. The van der Waals surface area contributed by atoms with Gasteiger partial charge in [0.1, 0.15) is 11.3 Å². The summed E-state index contributed by atoms with van der Waals surface area (Å²) in [5.74, 6) is -1.60. The molecule has 1 saturated carbocycles. The van der Waals surface area contributed by atoms with Crippen molar-refractivity contribution in [3.05, 3.63) is 41.5 Å². The van der Waals surface area contributed by atoms with Gasteiger partial charge in [-0.15, -0.1) is 0 Å². The van der Waals surface area contributed by atoms with Crippen LogP contribution < -0.4 is 5.32 Å². The molecule has 1 unspecified atom stereocenters. The second-order valence-electron chi connectivity index (χ2n) is 7.59. The Morgan fingerprint density at radius 1 is 1.22 bits per heavy atom. The number of amides is 1. The first-order valence-electron chi connectivity index (χ1n) is 8.89. The third kappa shape index (κ3) is 1.76. The lowest BCUT2D eigenvalue weighted by Crippen LogP contribution is -2.64. The van der Waals surface area contributed by atoms with Crippen LogP contribution >= 0.6 is 0 Å². The summed E-state index contributed by atoms with van der Waals surface area (Å²) in [5, 5.41) is 41.5. The number of allylic oxidation sites excluding steroid dienone is 2. The Labute approximate surface area is 157 Å². The SMILES string of the molecule is C[C@@H]1CC=C2C(C#N)C(=N)C(C#N)(C#N)[C@@]3(C(=O)Nc4ccccc43)[C@H]2C1. The monoisotopic (exact) mass is 355 g/mol. The highest BCUT2D eigenvalue weighted by atomic mass is 16.2. The quantitative estimate of drug-likeness (QED) is 0.694. The third-order valence-electron chi connectivity index (χ3n) is 6.36. The molecule has 0 saturated heterocycles. The number of carbonyl (C=O) groups excluding carboxylic acids is 1. The Bertz CT molecular complexity index is 1020. The van der Waals surface area contributed by atoms with Gasteiger partial charge in [-0.25, -0.2) is 0 Å². The van der Waals surface area contributed by atoms with E-state index in [1.54, 1.807) is 24.3 Å². The maximum Gasteiger partial charge on any atom is 0.238 e. The van der Waals surface area contributed by atoms with Gasteiger partial charge in [-0.05, 0) is 36.0 Å². The van der Waals surface area contributed by atoms with Gasteiger partial charge >= 0.3 is 0 Å². The fraction of sp³-hybridized carbons (Fsp3) is 0.381. The fourth-order valence-corrected chi connectivity index (χ4v) is 5.18. The van der Waals surface area contributed by atoms with Crippen LogP contribution in [0, 0.1) is 62.6 Å². The molecule has 132 valence electrons. The van der Waals surface area contributed by atoms with E-state index in [0.29, 0.717) is 23.2 Å². The number of nitrogens with one attached hydrogen (secondary N) is 2. The Morgan fingerprint density at radius 3 is 2.59 bits per heavy atom. The topological polar surface area (TPSA) is 124 Å². The second kappa shape index (κ2) is 5.53. The molecule has 1 aromatic carbocycles. The summed E-state index contributed by atoms with van der Waals surface area (Å²) in [7, 11) is 0. The van der Waals surface area contributed by atoms with Crippen LogP contribution in [0.3, 0.4) is 0 Å². The summed E-state index contributed by atoms with van der Waals surface area (Å²) >= 11 is 0. The molecule has 1 spiro atoms. The van der Waals surface area contributed by atoms with Crippen LogP contribution in [0.2, 0.25) is 0 Å². The minimum absolute atomic E-state index is 0.248. The van der Waals surface area contributed by atoms with E-state index in [1.165, 1.54) is 0 Å². The highest BCUT2D eigenvalue weighted by molar-refractivity contribution is 6.16.